The number of hydrogen-bond acceptors (Lipinski definition) is 6. The zero-order valence-electron chi connectivity index (χ0n) is 18.9. The second-order valence-corrected chi connectivity index (χ2v) is 8.20. The molecule has 4 aromatic rings. The summed E-state index contributed by atoms with van der Waals surface area (Å²) in [6.07, 6.45) is 0. The maximum absolute atomic E-state index is 12.7. The number of ether oxygens (including phenoxy) is 2. The van der Waals surface area contributed by atoms with Crippen molar-refractivity contribution in [1.82, 2.24) is 0 Å². The highest BCUT2D eigenvalue weighted by Crippen LogP contribution is 2.32. The molecule has 0 unspecified atom stereocenters. The Balaban J connectivity index is 1.48. The topological polar surface area (TPSA) is 104 Å². The Morgan fingerprint density at radius 3 is 2.54 bits per heavy atom. The van der Waals surface area contributed by atoms with Crippen molar-refractivity contribution < 1.29 is 23.6 Å². The van der Waals surface area contributed by atoms with Crippen molar-refractivity contribution in [2.75, 3.05) is 5.32 Å². The van der Waals surface area contributed by atoms with Gasteiger partial charge in [0.05, 0.1) is 16.7 Å². The third kappa shape index (κ3) is 5.99. The van der Waals surface area contributed by atoms with Crippen LogP contribution in [0.25, 0.3) is 0 Å². The van der Waals surface area contributed by atoms with Crippen molar-refractivity contribution in [1.29, 1.82) is 0 Å². The lowest BCUT2D eigenvalue weighted by Crippen LogP contribution is -2.11. The van der Waals surface area contributed by atoms with E-state index in [2.05, 4.69) is 5.32 Å². The minimum Gasteiger partial charge on any atom is -0.485 e. The normalized spacial score (nSPS) is 10.6. The number of amides is 1. The lowest BCUT2D eigenvalue weighted by atomic mass is 10.2. The molecule has 0 radical (unpaired) electrons. The maximum atomic E-state index is 12.7. The Hall–Kier alpha value is -4.30. The minimum absolute atomic E-state index is 0.0379. The van der Waals surface area contributed by atoms with E-state index in [9.17, 15) is 14.9 Å². The van der Waals surface area contributed by atoms with Gasteiger partial charge in [0.25, 0.3) is 11.6 Å². The molecule has 1 N–H and O–H groups in total. The van der Waals surface area contributed by atoms with Crippen LogP contribution in [0.5, 0.6) is 17.2 Å². The number of halogens is 1. The van der Waals surface area contributed by atoms with Gasteiger partial charge < -0.3 is 19.2 Å². The Labute approximate surface area is 206 Å². The highest BCUT2D eigenvalue weighted by Gasteiger charge is 2.17. The molecule has 0 spiro atoms. The molecule has 0 aliphatic rings. The van der Waals surface area contributed by atoms with Gasteiger partial charge in [0.1, 0.15) is 29.6 Å². The van der Waals surface area contributed by atoms with Gasteiger partial charge in [-0.1, -0.05) is 29.8 Å². The number of carbonyl (C=O) groups excluding carboxylic acids is 1. The van der Waals surface area contributed by atoms with Gasteiger partial charge in [-0.3, -0.25) is 14.9 Å². The predicted octanol–water partition coefficient (Wildman–Crippen LogP) is 7.08. The van der Waals surface area contributed by atoms with E-state index in [1.807, 2.05) is 31.2 Å². The summed E-state index contributed by atoms with van der Waals surface area (Å²) in [5.41, 5.74) is 1.68. The van der Waals surface area contributed by atoms with Crippen molar-refractivity contribution in [2.45, 2.75) is 20.5 Å². The van der Waals surface area contributed by atoms with Crippen LogP contribution in [0.4, 0.5) is 11.4 Å². The highest BCUT2D eigenvalue weighted by molar-refractivity contribution is 6.30. The van der Waals surface area contributed by atoms with Gasteiger partial charge in [-0.15, -0.1) is 0 Å². The average molecular weight is 493 g/mol. The number of nitro benzene ring substituents is 1. The van der Waals surface area contributed by atoms with Crippen molar-refractivity contribution in [3.8, 4) is 17.2 Å². The fraction of sp³-hybridized carbons (Fsp3) is 0.115. The molecule has 3 aromatic carbocycles. The van der Waals surface area contributed by atoms with E-state index >= 15 is 0 Å². The summed E-state index contributed by atoms with van der Waals surface area (Å²) >= 11 is 5.98. The second-order valence-electron chi connectivity index (χ2n) is 7.76. The van der Waals surface area contributed by atoms with Gasteiger partial charge in [-0.25, -0.2) is 0 Å². The number of nitrogens with zero attached hydrogens (tertiary/aromatic N) is 1. The van der Waals surface area contributed by atoms with E-state index in [0.717, 1.165) is 16.9 Å². The molecule has 8 nitrogen and oxygen atoms in total. The zero-order chi connectivity index (χ0) is 24.9. The summed E-state index contributed by atoms with van der Waals surface area (Å²) in [6, 6.07) is 19.8. The van der Waals surface area contributed by atoms with Gasteiger partial charge in [0, 0.05) is 17.2 Å². The van der Waals surface area contributed by atoms with E-state index in [-0.39, 0.29) is 29.5 Å². The third-order valence-electron chi connectivity index (χ3n) is 5.07. The number of anilines is 1. The standard InChI is InChI=1S/C26H21ClN2O6/c1-16-5-3-4-6-23(16)33-15-21-8-10-25(34-21)26(30)28-19-12-20(29(31)32)14-22(13-19)35-24-9-7-18(27)11-17(24)2/h3-14H,15H2,1-2H3,(H,28,30). The monoisotopic (exact) mass is 492 g/mol. The largest absolute Gasteiger partial charge is 0.485 e. The summed E-state index contributed by atoms with van der Waals surface area (Å²) in [6.45, 7) is 3.88. The van der Waals surface area contributed by atoms with Crippen molar-refractivity contribution in [3.05, 3.63) is 111 Å². The SMILES string of the molecule is Cc1ccccc1OCc1ccc(C(=O)Nc2cc(Oc3ccc(Cl)cc3C)cc([N+](=O)[O-])c2)o1. The van der Waals surface area contributed by atoms with E-state index in [1.165, 1.54) is 24.3 Å². The Kier molecular flexibility index (Phi) is 7.03. The second kappa shape index (κ2) is 10.3. The van der Waals surface area contributed by atoms with Crippen LogP contribution < -0.4 is 14.8 Å². The smallest absolute Gasteiger partial charge is 0.291 e. The van der Waals surface area contributed by atoms with Gasteiger partial charge >= 0.3 is 0 Å². The summed E-state index contributed by atoms with van der Waals surface area (Å²) in [7, 11) is 0. The number of benzene rings is 3. The number of aryl methyl sites for hydroxylation is 2. The molecular formula is C26H21ClN2O6. The lowest BCUT2D eigenvalue weighted by molar-refractivity contribution is -0.384. The molecule has 0 saturated carbocycles. The van der Waals surface area contributed by atoms with E-state index in [0.29, 0.717) is 16.5 Å². The van der Waals surface area contributed by atoms with Crippen LogP contribution in [0.2, 0.25) is 5.02 Å². The molecule has 178 valence electrons. The number of para-hydroxylation sites is 1. The number of carbonyl (C=O) groups is 1. The number of rotatable bonds is 8. The first-order valence-corrected chi connectivity index (χ1v) is 11.0. The zero-order valence-corrected chi connectivity index (χ0v) is 19.7. The Bertz CT molecular complexity index is 1400. The molecule has 1 heterocycles. The van der Waals surface area contributed by atoms with Crippen LogP contribution in [-0.2, 0) is 6.61 Å². The molecule has 0 aliphatic carbocycles. The van der Waals surface area contributed by atoms with Crippen LogP contribution >= 0.6 is 11.6 Å². The van der Waals surface area contributed by atoms with Crippen LogP contribution in [0.1, 0.15) is 27.4 Å². The predicted molar refractivity (Wildman–Crippen MR) is 132 cm³/mol. The Morgan fingerprint density at radius 2 is 1.80 bits per heavy atom. The number of nitrogens with one attached hydrogen (secondary N) is 1. The number of nitro groups is 1. The quantitative estimate of drug-likeness (QED) is 0.208. The third-order valence-corrected chi connectivity index (χ3v) is 5.31. The number of hydrogen-bond donors (Lipinski definition) is 1. The first-order chi connectivity index (χ1) is 16.8. The molecule has 1 amide bonds. The fourth-order valence-corrected chi connectivity index (χ4v) is 3.54. The van der Waals surface area contributed by atoms with E-state index < -0.39 is 10.8 Å². The van der Waals surface area contributed by atoms with Gasteiger partial charge in [-0.2, -0.15) is 0 Å². The molecule has 4 rings (SSSR count). The molecule has 35 heavy (non-hydrogen) atoms. The molecular weight excluding hydrogens is 472 g/mol. The van der Waals surface area contributed by atoms with Crippen molar-refractivity contribution in [3.63, 3.8) is 0 Å². The molecule has 0 bridgehead atoms. The number of furan rings is 1. The molecule has 0 fully saturated rings. The highest BCUT2D eigenvalue weighted by atomic mass is 35.5. The molecule has 0 aliphatic heterocycles. The first kappa shape index (κ1) is 23.8. The first-order valence-electron chi connectivity index (χ1n) is 10.6. The molecule has 0 atom stereocenters. The van der Waals surface area contributed by atoms with Gasteiger partial charge in [0.15, 0.2) is 5.76 Å². The van der Waals surface area contributed by atoms with Crippen LogP contribution in [0, 0.1) is 24.0 Å². The Morgan fingerprint density at radius 1 is 1.00 bits per heavy atom. The molecule has 9 heteroatoms. The summed E-state index contributed by atoms with van der Waals surface area (Å²) in [5, 5.41) is 14.6. The molecule has 1 aromatic heterocycles. The summed E-state index contributed by atoms with van der Waals surface area (Å²) in [4.78, 5) is 23.6. The average Bonchev–Trinajstić information content (AvgIpc) is 3.29. The van der Waals surface area contributed by atoms with Crippen molar-refractivity contribution in [2.24, 2.45) is 0 Å². The van der Waals surface area contributed by atoms with Crippen LogP contribution in [0.15, 0.2) is 77.2 Å². The van der Waals surface area contributed by atoms with E-state index in [4.69, 9.17) is 25.5 Å². The number of non-ortho nitro benzene ring substituents is 1. The van der Waals surface area contributed by atoms with Crippen LogP contribution in [-0.4, -0.2) is 10.8 Å². The van der Waals surface area contributed by atoms with E-state index in [1.54, 1.807) is 31.2 Å². The maximum Gasteiger partial charge on any atom is 0.291 e. The van der Waals surface area contributed by atoms with Gasteiger partial charge in [-0.05, 0) is 61.4 Å². The lowest BCUT2D eigenvalue weighted by Gasteiger charge is -2.11. The van der Waals surface area contributed by atoms with Crippen LogP contribution in [0.3, 0.4) is 0 Å². The fourth-order valence-electron chi connectivity index (χ4n) is 3.31. The summed E-state index contributed by atoms with van der Waals surface area (Å²) in [5.74, 6) is 1.31. The minimum atomic E-state index is -0.568. The molecule has 0 saturated heterocycles. The van der Waals surface area contributed by atoms with Gasteiger partial charge in [0.2, 0.25) is 0 Å². The summed E-state index contributed by atoms with van der Waals surface area (Å²) < 4.78 is 17.2. The van der Waals surface area contributed by atoms with Crippen molar-refractivity contribution >= 4 is 28.9 Å².